The number of hydrogen-bond donors (Lipinski definition) is 2. The van der Waals surface area contributed by atoms with Gasteiger partial charge in [0.2, 0.25) is 0 Å². The molecular weight excluding hydrogens is 314 g/mol. The van der Waals surface area contributed by atoms with Gasteiger partial charge in [-0.3, -0.25) is 4.68 Å². The van der Waals surface area contributed by atoms with Gasteiger partial charge in [0.05, 0.1) is 23.4 Å². The molecule has 2 N–H and O–H groups in total. The van der Waals surface area contributed by atoms with E-state index in [4.69, 9.17) is 16.9 Å². The summed E-state index contributed by atoms with van der Waals surface area (Å²) in [5, 5.41) is 27.3. The van der Waals surface area contributed by atoms with Crippen LogP contribution in [0.15, 0.2) is 24.5 Å². The Morgan fingerprint density at radius 1 is 1.48 bits per heavy atom. The monoisotopic (exact) mass is 331 g/mol. The van der Waals surface area contributed by atoms with Crippen molar-refractivity contribution in [1.82, 2.24) is 14.8 Å². The van der Waals surface area contributed by atoms with Gasteiger partial charge in [0.25, 0.3) is 0 Å². The predicted octanol–water partition coefficient (Wildman–Crippen LogP) is 2.36. The smallest absolute Gasteiger partial charge is 0.143 e. The summed E-state index contributed by atoms with van der Waals surface area (Å²) in [6, 6.07) is 5.59. The van der Waals surface area contributed by atoms with E-state index in [1.165, 1.54) is 0 Å². The molecule has 3 rings (SSSR count). The molecule has 0 amide bonds. The fraction of sp³-hybridized carbons (Fsp3) is 0.438. The summed E-state index contributed by atoms with van der Waals surface area (Å²) >= 11 is 5.87. The summed E-state index contributed by atoms with van der Waals surface area (Å²) in [6.07, 6.45) is 4.47. The van der Waals surface area contributed by atoms with E-state index in [1.807, 2.05) is 13.0 Å². The summed E-state index contributed by atoms with van der Waals surface area (Å²) < 4.78 is 1.81. The Bertz CT molecular complexity index is 738. The lowest BCUT2D eigenvalue weighted by Crippen LogP contribution is -2.28. The van der Waals surface area contributed by atoms with Crippen LogP contribution in [0.3, 0.4) is 0 Å². The van der Waals surface area contributed by atoms with Crippen molar-refractivity contribution in [2.75, 3.05) is 5.32 Å². The second kappa shape index (κ2) is 6.57. The van der Waals surface area contributed by atoms with Gasteiger partial charge in [-0.1, -0.05) is 11.6 Å². The number of aliphatic hydroxyl groups is 1. The van der Waals surface area contributed by atoms with Gasteiger partial charge in [0, 0.05) is 12.7 Å². The lowest BCUT2D eigenvalue weighted by molar-refractivity contribution is 0.166. The first kappa shape index (κ1) is 15.8. The maximum atomic E-state index is 10.3. The van der Waals surface area contributed by atoms with Crippen molar-refractivity contribution < 1.29 is 5.11 Å². The molecule has 23 heavy (non-hydrogen) atoms. The van der Waals surface area contributed by atoms with Crippen LogP contribution in [0.5, 0.6) is 0 Å². The maximum Gasteiger partial charge on any atom is 0.143 e. The molecule has 2 aromatic rings. The molecule has 0 bridgehead atoms. The average molecular weight is 332 g/mol. The highest BCUT2D eigenvalue weighted by Crippen LogP contribution is 2.30. The van der Waals surface area contributed by atoms with Crippen LogP contribution in [-0.2, 0) is 6.54 Å². The topological polar surface area (TPSA) is 86.8 Å². The van der Waals surface area contributed by atoms with Crippen LogP contribution in [0.1, 0.15) is 24.1 Å². The summed E-state index contributed by atoms with van der Waals surface area (Å²) in [7, 11) is 0. The van der Waals surface area contributed by atoms with Crippen molar-refractivity contribution >= 4 is 17.4 Å². The normalized spacial score (nSPS) is 23.7. The molecular formula is C16H18ClN5O. The van der Waals surface area contributed by atoms with Gasteiger partial charge >= 0.3 is 0 Å². The Morgan fingerprint density at radius 3 is 3.00 bits per heavy atom. The number of nitriles is 1. The zero-order chi connectivity index (χ0) is 16.4. The fourth-order valence-corrected chi connectivity index (χ4v) is 3.27. The first-order valence-electron chi connectivity index (χ1n) is 7.55. The van der Waals surface area contributed by atoms with Crippen LogP contribution in [0, 0.1) is 24.2 Å². The Balaban J connectivity index is 1.65. The number of anilines is 1. The molecule has 7 heteroatoms. The highest BCUT2D eigenvalue weighted by Gasteiger charge is 2.33. The van der Waals surface area contributed by atoms with Crippen molar-refractivity contribution in [2.24, 2.45) is 5.92 Å². The van der Waals surface area contributed by atoms with Gasteiger partial charge in [-0.15, -0.1) is 0 Å². The van der Waals surface area contributed by atoms with E-state index in [0.29, 0.717) is 28.9 Å². The second-order valence-corrected chi connectivity index (χ2v) is 6.50. The Kier molecular flexibility index (Phi) is 4.51. The molecule has 1 saturated carbocycles. The van der Waals surface area contributed by atoms with Gasteiger partial charge < -0.3 is 10.4 Å². The van der Waals surface area contributed by atoms with Crippen LogP contribution in [0.2, 0.25) is 5.02 Å². The molecule has 2 aromatic heterocycles. The SMILES string of the molecule is Cc1cc(C#N)nc(N[C@@H]2CC(Cn3cc(Cl)cn3)C[C@H]2O)c1. The van der Waals surface area contributed by atoms with Crippen LogP contribution >= 0.6 is 11.6 Å². The lowest BCUT2D eigenvalue weighted by Gasteiger charge is -2.17. The minimum atomic E-state index is -0.445. The number of aliphatic hydroxyl groups excluding tert-OH is 1. The standard InChI is InChI=1S/C16H18ClN5O/c1-10-2-13(6-18)20-16(3-10)21-14-4-11(5-15(14)23)8-22-9-12(17)7-19-22/h2-3,7,9,11,14-15,23H,4-5,8H2,1H3,(H,20,21)/t11?,14-,15-/m1/s1. The zero-order valence-electron chi connectivity index (χ0n) is 12.8. The van der Waals surface area contributed by atoms with Crippen LogP contribution < -0.4 is 5.32 Å². The highest BCUT2D eigenvalue weighted by molar-refractivity contribution is 6.30. The van der Waals surface area contributed by atoms with Crippen molar-refractivity contribution in [2.45, 2.75) is 38.5 Å². The third kappa shape index (κ3) is 3.81. The van der Waals surface area contributed by atoms with E-state index in [2.05, 4.69) is 21.5 Å². The number of halogens is 1. The van der Waals surface area contributed by atoms with E-state index in [-0.39, 0.29) is 6.04 Å². The van der Waals surface area contributed by atoms with Crippen molar-refractivity contribution in [3.63, 3.8) is 0 Å². The molecule has 1 fully saturated rings. The van der Waals surface area contributed by atoms with Crippen molar-refractivity contribution in [3.05, 3.63) is 40.8 Å². The summed E-state index contributed by atoms with van der Waals surface area (Å²) in [6.45, 7) is 2.65. The number of nitrogens with one attached hydrogen (secondary N) is 1. The van der Waals surface area contributed by atoms with Crippen LogP contribution in [0.4, 0.5) is 5.82 Å². The number of pyridine rings is 1. The molecule has 2 heterocycles. The number of nitrogens with zero attached hydrogens (tertiary/aromatic N) is 4. The highest BCUT2D eigenvalue weighted by atomic mass is 35.5. The molecule has 3 atom stereocenters. The van der Waals surface area contributed by atoms with Crippen LogP contribution in [0.25, 0.3) is 0 Å². The summed E-state index contributed by atoms with van der Waals surface area (Å²) in [5.74, 6) is 0.951. The lowest BCUT2D eigenvalue weighted by atomic mass is 10.1. The van der Waals surface area contributed by atoms with E-state index in [0.717, 1.165) is 18.5 Å². The largest absolute Gasteiger partial charge is 0.391 e. The molecule has 1 unspecified atom stereocenters. The second-order valence-electron chi connectivity index (χ2n) is 6.06. The molecule has 0 saturated heterocycles. The van der Waals surface area contributed by atoms with E-state index in [9.17, 15) is 5.11 Å². The maximum absolute atomic E-state index is 10.3. The van der Waals surface area contributed by atoms with Gasteiger partial charge in [-0.25, -0.2) is 4.98 Å². The molecule has 0 radical (unpaired) electrons. The molecule has 1 aliphatic carbocycles. The van der Waals surface area contributed by atoms with E-state index in [1.54, 1.807) is 23.1 Å². The van der Waals surface area contributed by atoms with Crippen molar-refractivity contribution in [3.8, 4) is 6.07 Å². The number of aromatic nitrogens is 3. The minimum absolute atomic E-state index is 0.0770. The van der Waals surface area contributed by atoms with E-state index >= 15 is 0 Å². The average Bonchev–Trinajstić information content (AvgIpc) is 3.05. The van der Waals surface area contributed by atoms with Gasteiger partial charge in [-0.05, 0) is 43.4 Å². The van der Waals surface area contributed by atoms with Crippen LogP contribution in [-0.4, -0.2) is 32.0 Å². The molecule has 120 valence electrons. The van der Waals surface area contributed by atoms with E-state index < -0.39 is 6.10 Å². The van der Waals surface area contributed by atoms with Gasteiger partial charge in [0.15, 0.2) is 0 Å². The quantitative estimate of drug-likeness (QED) is 0.898. The molecule has 0 spiro atoms. The third-order valence-electron chi connectivity index (χ3n) is 4.09. The number of aryl methyl sites for hydroxylation is 1. The molecule has 0 aromatic carbocycles. The minimum Gasteiger partial charge on any atom is -0.391 e. The summed E-state index contributed by atoms with van der Waals surface area (Å²) in [4.78, 5) is 4.24. The summed E-state index contributed by atoms with van der Waals surface area (Å²) in [5.41, 5.74) is 1.34. The molecule has 1 aliphatic rings. The first-order valence-corrected chi connectivity index (χ1v) is 7.92. The molecule has 6 nitrogen and oxygen atoms in total. The third-order valence-corrected chi connectivity index (χ3v) is 4.29. The predicted molar refractivity (Wildman–Crippen MR) is 87.1 cm³/mol. The first-order chi connectivity index (χ1) is 11.0. The number of rotatable bonds is 4. The zero-order valence-corrected chi connectivity index (χ0v) is 13.5. The van der Waals surface area contributed by atoms with Crippen molar-refractivity contribution in [1.29, 1.82) is 5.26 Å². The number of hydrogen-bond acceptors (Lipinski definition) is 5. The Labute approximate surface area is 139 Å². The Hall–Kier alpha value is -2.10. The Morgan fingerprint density at radius 2 is 2.30 bits per heavy atom. The molecule has 0 aliphatic heterocycles. The fourth-order valence-electron chi connectivity index (χ4n) is 3.11. The van der Waals surface area contributed by atoms with Gasteiger partial charge in [-0.2, -0.15) is 10.4 Å². The van der Waals surface area contributed by atoms with Gasteiger partial charge in [0.1, 0.15) is 17.6 Å².